The van der Waals surface area contributed by atoms with Crippen LogP contribution in [0.2, 0.25) is 0 Å². The number of rotatable bonds is 2. The van der Waals surface area contributed by atoms with Gasteiger partial charge in [0.2, 0.25) is 12.4 Å². The Labute approximate surface area is 222 Å². The van der Waals surface area contributed by atoms with Crippen molar-refractivity contribution in [2.75, 3.05) is 0 Å². The van der Waals surface area contributed by atoms with E-state index in [1.807, 2.05) is 0 Å². The summed E-state index contributed by atoms with van der Waals surface area (Å²) in [6, 6.07) is 14.6. The van der Waals surface area contributed by atoms with Gasteiger partial charge in [-0.25, -0.2) is 9.97 Å². The van der Waals surface area contributed by atoms with Gasteiger partial charge >= 0.3 is 12.4 Å². The minimum absolute atomic E-state index is 0.0218. The Morgan fingerprint density at radius 3 is 1.18 bits per heavy atom. The molecular weight excluding hydrogens is 534 g/mol. The number of aromatic nitrogens is 2. The van der Waals surface area contributed by atoms with Crippen molar-refractivity contribution in [3.05, 3.63) is 106 Å². The van der Waals surface area contributed by atoms with Crippen LogP contribution >= 0.6 is 0 Å². The van der Waals surface area contributed by atoms with E-state index >= 15 is 0 Å². The van der Waals surface area contributed by atoms with E-state index in [0.717, 1.165) is 48.5 Å². The number of hydrogen-bond donors (Lipinski definition) is 0. The molecular formula is C28H12F6N6. The number of fused-ring (bicyclic) bond motifs is 2. The molecule has 0 amide bonds. The SMILES string of the molecule is N#C/N=C1/c2ccccc2/C(=N\C#N)c2nc(-c3ccc(C(F)(F)F)cc3)c(-c3ccc(C(F)(F)F)cc3)nc21. The molecule has 0 spiro atoms. The molecule has 0 atom stereocenters. The molecule has 0 saturated heterocycles. The predicted octanol–water partition coefficient (Wildman–Crippen LogP) is 6.80. The molecule has 0 radical (unpaired) electrons. The van der Waals surface area contributed by atoms with Crippen LogP contribution in [0.25, 0.3) is 22.5 Å². The first kappa shape index (κ1) is 26.3. The summed E-state index contributed by atoms with van der Waals surface area (Å²) in [4.78, 5) is 17.0. The Balaban J connectivity index is 1.82. The first-order chi connectivity index (χ1) is 19.0. The minimum Gasteiger partial charge on any atom is -0.241 e. The molecule has 1 aromatic heterocycles. The van der Waals surface area contributed by atoms with E-state index in [1.54, 1.807) is 36.7 Å². The fourth-order valence-corrected chi connectivity index (χ4v) is 4.28. The van der Waals surface area contributed by atoms with Crippen LogP contribution in [0.4, 0.5) is 26.3 Å². The van der Waals surface area contributed by atoms with E-state index in [4.69, 9.17) is 0 Å². The third kappa shape index (κ3) is 4.67. The molecule has 6 nitrogen and oxygen atoms in total. The van der Waals surface area contributed by atoms with E-state index in [0.29, 0.717) is 11.1 Å². The van der Waals surface area contributed by atoms with Crippen LogP contribution in [0.15, 0.2) is 82.8 Å². The zero-order chi connectivity index (χ0) is 28.7. The summed E-state index contributed by atoms with van der Waals surface area (Å²) in [6.45, 7) is 0. The lowest BCUT2D eigenvalue weighted by Crippen LogP contribution is -2.26. The maximum Gasteiger partial charge on any atom is 0.416 e. The largest absolute Gasteiger partial charge is 0.416 e. The van der Waals surface area contributed by atoms with E-state index < -0.39 is 23.5 Å². The number of aliphatic imine (C=N–C) groups is 2. The van der Waals surface area contributed by atoms with Crippen molar-refractivity contribution in [2.24, 2.45) is 9.98 Å². The lowest BCUT2D eigenvalue weighted by Gasteiger charge is -2.22. The summed E-state index contributed by atoms with van der Waals surface area (Å²) in [7, 11) is 0. The normalized spacial score (nSPS) is 14.8. The predicted molar refractivity (Wildman–Crippen MR) is 132 cm³/mol. The number of halogens is 6. The van der Waals surface area contributed by atoms with Crippen molar-refractivity contribution in [3.8, 4) is 34.9 Å². The van der Waals surface area contributed by atoms with Crippen LogP contribution in [0, 0.1) is 22.9 Å². The maximum absolute atomic E-state index is 13.2. The molecule has 4 aromatic rings. The molecule has 0 N–H and O–H groups in total. The quantitative estimate of drug-likeness (QED) is 0.180. The summed E-state index contributed by atoms with van der Waals surface area (Å²) >= 11 is 0. The molecule has 196 valence electrons. The molecule has 5 rings (SSSR count). The summed E-state index contributed by atoms with van der Waals surface area (Å²) in [6.07, 6.45) is -5.80. The third-order valence-corrected chi connectivity index (χ3v) is 6.08. The molecule has 0 unspecified atom stereocenters. The van der Waals surface area contributed by atoms with Crippen molar-refractivity contribution in [3.63, 3.8) is 0 Å². The molecule has 1 aliphatic carbocycles. The lowest BCUT2D eigenvalue weighted by atomic mass is 9.87. The summed E-state index contributed by atoms with van der Waals surface area (Å²) < 4.78 is 79.3. The van der Waals surface area contributed by atoms with Gasteiger partial charge in [-0.3, -0.25) is 0 Å². The Bertz CT molecular complexity index is 1640. The molecule has 1 aliphatic rings. The molecule has 0 bridgehead atoms. The Morgan fingerprint density at radius 2 is 0.875 bits per heavy atom. The van der Waals surface area contributed by atoms with Crippen molar-refractivity contribution < 1.29 is 26.3 Å². The second-order valence-corrected chi connectivity index (χ2v) is 8.43. The third-order valence-electron chi connectivity index (χ3n) is 6.08. The zero-order valence-electron chi connectivity index (χ0n) is 19.9. The molecule has 12 heteroatoms. The molecule has 40 heavy (non-hydrogen) atoms. The highest BCUT2D eigenvalue weighted by Crippen LogP contribution is 2.37. The number of nitrogens with zero attached hydrogens (tertiary/aromatic N) is 6. The van der Waals surface area contributed by atoms with Gasteiger partial charge in [0.05, 0.1) is 22.5 Å². The minimum atomic E-state index is -4.60. The van der Waals surface area contributed by atoms with Gasteiger partial charge in [-0.2, -0.15) is 46.9 Å². The highest BCUT2D eigenvalue weighted by molar-refractivity contribution is 6.30. The fraction of sp³-hybridized carbons (Fsp3) is 0.0714. The Morgan fingerprint density at radius 1 is 0.525 bits per heavy atom. The number of hydrogen-bond acceptors (Lipinski definition) is 6. The highest BCUT2D eigenvalue weighted by atomic mass is 19.4. The van der Waals surface area contributed by atoms with E-state index in [-0.39, 0.29) is 45.3 Å². The van der Waals surface area contributed by atoms with Crippen LogP contribution in [-0.4, -0.2) is 21.4 Å². The fourth-order valence-electron chi connectivity index (χ4n) is 4.28. The van der Waals surface area contributed by atoms with Gasteiger partial charge in [-0.05, 0) is 24.3 Å². The van der Waals surface area contributed by atoms with Gasteiger partial charge in [0, 0.05) is 22.3 Å². The lowest BCUT2D eigenvalue weighted by molar-refractivity contribution is -0.138. The van der Waals surface area contributed by atoms with Gasteiger partial charge < -0.3 is 0 Å². The summed E-state index contributed by atoms with van der Waals surface area (Å²) in [5, 5.41) is 18.8. The van der Waals surface area contributed by atoms with Crippen LogP contribution < -0.4 is 0 Å². The molecule has 0 fully saturated rings. The average molecular weight is 546 g/mol. The number of nitriles is 2. The van der Waals surface area contributed by atoms with Crippen molar-refractivity contribution in [2.45, 2.75) is 12.4 Å². The Hall–Kier alpha value is -5.36. The molecule has 0 aliphatic heterocycles. The van der Waals surface area contributed by atoms with Crippen LogP contribution in [-0.2, 0) is 12.4 Å². The summed E-state index contributed by atoms with van der Waals surface area (Å²) in [5.74, 6) is 0. The van der Waals surface area contributed by atoms with Crippen LogP contribution in [0.1, 0.15) is 33.6 Å². The van der Waals surface area contributed by atoms with Crippen LogP contribution in [0.5, 0.6) is 0 Å². The van der Waals surface area contributed by atoms with Gasteiger partial charge in [-0.1, -0.05) is 48.5 Å². The maximum atomic E-state index is 13.2. The van der Waals surface area contributed by atoms with Crippen LogP contribution in [0.3, 0.4) is 0 Å². The highest BCUT2D eigenvalue weighted by Gasteiger charge is 2.34. The van der Waals surface area contributed by atoms with Crippen molar-refractivity contribution in [1.29, 1.82) is 10.5 Å². The smallest absolute Gasteiger partial charge is 0.241 e. The molecule has 0 saturated carbocycles. The topological polar surface area (TPSA) is 98.1 Å². The van der Waals surface area contributed by atoms with E-state index in [2.05, 4.69) is 20.0 Å². The second kappa shape index (κ2) is 9.75. The van der Waals surface area contributed by atoms with E-state index in [9.17, 15) is 36.9 Å². The van der Waals surface area contributed by atoms with Gasteiger partial charge in [0.25, 0.3) is 0 Å². The summed E-state index contributed by atoms with van der Waals surface area (Å²) in [5.41, 5.74) is -0.374. The standard InChI is InChI=1S/C28H12F6N6/c29-27(30,31)17-9-5-15(6-10-17)21-22(16-7-11-18(12-8-16)28(32,33)34)40-26-24(38-14-36)20-4-2-1-3-19(20)23(37-13-35)25(26)39-21/h1-12H/b37-23-,38-24+. The molecule has 1 heterocycles. The molecule has 3 aromatic carbocycles. The number of alkyl halides is 6. The monoisotopic (exact) mass is 546 g/mol. The van der Waals surface area contributed by atoms with Crippen molar-refractivity contribution >= 4 is 11.4 Å². The van der Waals surface area contributed by atoms with Crippen molar-refractivity contribution in [1.82, 2.24) is 9.97 Å². The second-order valence-electron chi connectivity index (χ2n) is 8.43. The first-order valence-corrected chi connectivity index (χ1v) is 11.3. The Kier molecular flexibility index (Phi) is 6.40. The van der Waals surface area contributed by atoms with Gasteiger partial charge in [0.15, 0.2) is 0 Å². The number of benzene rings is 3. The average Bonchev–Trinajstić information content (AvgIpc) is 2.93. The zero-order valence-corrected chi connectivity index (χ0v) is 19.9. The van der Waals surface area contributed by atoms with Gasteiger partial charge in [-0.15, -0.1) is 0 Å². The van der Waals surface area contributed by atoms with E-state index in [1.165, 1.54) is 0 Å². The van der Waals surface area contributed by atoms with Gasteiger partial charge in [0.1, 0.15) is 22.8 Å². The first-order valence-electron chi connectivity index (χ1n) is 11.3.